The molecule has 156 valence electrons. The molecule has 0 aliphatic carbocycles. The van der Waals surface area contributed by atoms with Crippen LogP contribution in [0.1, 0.15) is 37.0 Å². The summed E-state index contributed by atoms with van der Waals surface area (Å²) >= 11 is 0. The van der Waals surface area contributed by atoms with E-state index in [2.05, 4.69) is 5.32 Å². The van der Waals surface area contributed by atoms with Crippen LogP contribution >= 0.6 is 0 Å². The van der Waals surface area contributed by atoms with Gasteiger partial charge >= 0.3 is 6.03 Å². The van der Waals surface area contributed by atoms with Crippen molar-refractivity contribution >= 4 is 23.8 Å². The summed E-state index contributed by atoms with van der Waals surface area (Å²) < 4.78 is 0. The first-order valence-electron chi connectivity index (χ1n) is 9.98. The number of nitrogens with zero attached hydrogens (tertiary/aromatic N) is 3. The zero-order valence-electron chi connectivity index (χ0n) is 17.2. The molecular formula is C21H28N4O4. The highest BCUT2D eigenvalue weighted by atomic mass is 16.2. The van der Waals surface area contributed by atoms with Crippen LogP contribution in [-0.4, -0.2) is 77.2 Å². The Morgan fingerprint density at radius 3 is 2.28 bits per heavy atom. The van der Waals surface area contributed by atoms with Gasteiger partial charge in [0.25, 0.3) is 11.8 Å². The lowest BCUT2D eigenvalue weighted by molar-refractivity contribution is -0.138. The Bertz CT molecular complexity index is 800. The Labute approximate surface area is 170 Å². The summed E-state index contributed by atoms with van der Waals surface area (Å²) in [6, 6.07) is 8.61. The van der Waals surface area contributed by atoms with E-state index in [1.165, 1.54) is 7.05 Å². The van der Waals surface area contributed by atoms with Crippen molar-refractivity contribution in [2.24, 2.45) is 5.92 Å². The molecule has 0 radical (unpaired) electrons. The highest BCUT2D eigenvalue weighted by Crippen LogP contribution is 2.38. The van der Waals surface area contributed by atoms with Gasteiger partial charge in [-0.2, -0.15) is 0 Å². The lowest BCUT2D eigenvalue weighted by atomic mass is 9.85. The van der Waals surface area contributed by atoms with Crippen LogP contribution in [0.5, 0.6) is 0 Å². The van der Waals surface area contributed by atoms with Gasteiger partial charge in [-0.1, -0.05) is 32.0 Å². The maximum absolute atomic E-state index is 13.3. The van der Waals surface area contributed by atoms with Crippen molar-refractivity contribution in [1.82, 2.24) is 20.0 Å². The van der Waals surface area contributed by atoms with E-state index < -0.39 is 11.6 Å². The van der Waals surface area contributed by atoms with Crippen LogP contribution in [0, 0.1) is 5.92 Å². The minimum Gasteiger partial charge on any atom is -0.358 e. The van der Waals surface area contributed by atoms with E-state index in [9.17, 15) is 19.2 Å². The maximum Gasteiger partial charge on any atom is 0.328 e. The fourth-order valence-corrected chi connectivity index (χ4v) is 4.09. The summed E-state index contributed by atoms with van der Waals surface area (Å²) in [6.07, 6.45) is 0.736. The quantitative estimate of drug-likeness (QED) is 0.755. The molecule has 29 heavy (non-hydrogen) atoms. The zero-order chi connectivity index (χ0) is 21.2. The number of imide groups is 1. The predicted octanol–water partition coefficient (Wildman–Crippen LogP) is 1.33. The van der Waals surface area contributed by atoms with Gasteiger partial charge in [0.2, 0.25) is 5.91 Å². The van der Waals surface area contributed by atoms with Gasteiger partial charge in [-0.3, -0.25) is 19.3 Å². The minimum absolute atomic E-state index is 0.0742. The van der Waals surface area contributed by atoms with Crippen LogP contribution in [0.3, 0.4) is 0 Å². The summed E-state index contributed by atoms with van der Waals surface area (Å²) in [5, 5.41) is 2.46. The first kappa shape index (κ1) is 20.8. The third kappa shape index (κ3) is 3.83. The number of hydrogen-bond acceptors (Lipinski definition) is 4. The summed E-state index contributed by atoms with van der Waals surface area (Å²) in [6.45, 7) is 4.89. The highest BCUT2D eigenvalue weighted by molar-refractivity contribution is 6.09. The van der Waals surface area contributed by atoms with E-state index in [4.69, 9.17) is 0 Å². The second-order valence-electron chi connectivity index (χ2n) is 8.04. The van der Waals surface area contributed by atoms with Crippen LogP contribution in [0.25, 0.3) is 0 Å². The number of likely N-dealkylation sites (N-methyl/N-ethyl adjacent to an activating group) is 1. The first-order valence-corrected chi connectivity index (χ1v) is 9.98. The molecule has 0 bridgehead atoms. The molecule has 0 atom stereocenters. The summed E-state index contributed by atoms with van der Waals surface area (Å²) in [7, 11) is 1.47. The molecule has 1 spiro atoms. The van der Waals surface area contributed by atoms with Crippen molar-refractivity contribution in [2.75, 3.05) is 33.2 Å². The first-order chi connectivity index (χ1) is 13.8. The van der Waals surface area contributed by atoms with Gasteiger partial charge in [-0.25, -0.2) is 4.79 Å². The van der Waals surface area contributed by atoms with Gasteiger partial charge in [0.1, 0.15) is 12.1 Å². The average molecular weight is 400 g/mol. The predicted molar refractivity (Wildman–Crippen MR) is 107 cm³/mol. The van der Waals surface area contributed by atoms with Gasteiger partial charge in [0.15, 0.2) is 0 Å². The molecule has 2 aliphatic heterocycles. The number of carbonyl (C=O) groups excluding carboxylic acids is 4. The van der Waals surface area contributed by atoms with E-state index in [0.717, 1.165) is 4.90 Å². The Hall–Kier alpha value is -2.90. The Balaban J connectivity index is 1.81. The summed E-state index contributed by atoms with van der Waals surface area (Å²) in [4.78, 5) is 55.2. The number of nitrogens with one attached hydrogen (secondary N) is 1. The fourth-order valence-electron chi connectivity index (χ4n) is 4.09. The molecule has 0 unspecified atom stereocenters. The SMILES string of the molecule is CNC(=O)CN1C(=O)N(CC(C)C)C2(CCN(C(=O)c3ccccc3)CC2)C1=O. The van der Waals surface area contributed by atoms with Gasteiger partial charge in [-0.15, -0.1) is 0 Å². The van der Waals surface area contributed by atoms with Crippen molar-refractivity contribution in [3.05, 3.63) is 35.9 Å². The average Bonchev–Trinajstić information content (AvgIpc) is 2.90. The topological polar surface area (TPSA) is 90.0 Å². The van der Waals surface area contributed by atoms with Gasteiger partial charge in [0.05, 0.1) is 0 Å². The molecule has 1 N–H and O–H groups in total. The number of piperidine rings is 1. The third-order valence-corrected chi connectivity index (χ3v) is 5.65. The molecule has 2 aliphatic rings. The Morgan fingerprint density at radius 2 is 1.72 bits per heavy atom. The molecule has 0 saturated carbocycles. The summed E-state index contributed by atoms with van der Waals surface area (Å²) in [5.74, 6) is -0.620. The van der Waals surface area contributed by atoms with Gasteiger partial charge in [0, 0.05) is 32.2 Å². The van der Waals surface area contributed by atoms with E-state index in [-0.39, 0.29) is 30.2 Å². The Morgan fingerprint density at radius 1 is 1.10 bits per heavy atom. The normalized spacial score (nSPS) is 18.7. The van der Waals surface area contributed by atoms with E-state index in [0.29, 0.717) is 38.0 Å². The second-order valence-corrected chi connectivity index (χ2v) is 8.04. The van der Waals surface area contributed by atoms with E-state index in [1.807, 2.05) is 32.0 Å². The number of urea groups is 1. The van der Waals surface area contributed by atoms with Crippen LogP contribution in [0.4, 0.5) is 4.79 Å². The van der Waals surface area contributed by atoms with Crippen molar-refractivity contribution < 1.29 is 19.2 Å². The van der Waals surface area contributed by atoms with Crippen LogP contribution in [0.15, 0.2) is 30.3 Å². The van der Waals surface area contributed by atoms with Crippen LogP contribution < -0.4 is 5.32 Å². The van der Waals surface area contributed by atoms with Crippen molar-refractivity contribution in [1.29, 1.82) is 0 Å². The lowest BCUT2D eigenvalue weighted by Crippen LogP contribution is -2.58. The van der Waals surface area contributed by atoms with Crippen molar-refractivity contribution in [3.63, 3.8) is 0 Å². The van der Waals surface area contributed by atoms with Crippen molar-refractivity contribution in [3.8, 4) is 0 Å². The lowest BCUT2D eigenvalue weighted by Gasteiger charge is -2.42. The van der Waals surface area contributed by atoms with E-state index in [1.54, 1.807) is 21.9 Å². The third-order valence-electron chi connectivity index (χ3n) is 5.65. The maximum atomic E-state index is 13.3. The molecule has 2 heterocycles. The molecule has 2 saturated heterocycles. The van der Waals surface area contributed by atoms with Crippen LogP contribution in [0.2, 0.25) is 0 Å². The standard InChI is InChI=1S/C21H28N4O4/c1-15(2)13-25-20(29)24(14-17(26)22-3)19(28)21(25)9-11-23(12-10-21)18(27)16-7-5-4-6-8-16/h4-8,15H,9-14H2,1-3H3,(H,22,26). The molecule has 0 aromatic heterocycles. The summed E-state index contributed by atoms with van der Waals surface area (Å²) in [5.41, 5.74) is -0.374. The molecular weight excluding hydrogens is 372 g/mol. The fraction of sp³-hybridized carbons (Fsp3) is 0.524. The van der Waals surface area contributed by atoms with Gasteiger partial charge < -0.3 is 15.1 Å². The number of rotatable bonds is 5. The number of amides is 5. The Kier molecular flexibility index (Phi) is 5.91. The number of hydrogen-bond donors (Lipinski definition) is 1. The monoisotopic (exact) mass is 400 g/mol. The largest absolute Gasteiger partial charge is 0.358 e. The number of likely N-dealkylation sites (tertiary alicyclic amines) is 1. The number of carbonyl (C=O) groups is 4. The molecule has 2 fully saturated rings. The minimum atomic E-state index is -0.983. The van der Waals surface area contributed by atoms with Crippen molar-refractivity contribution in [2.45, 2.75) is 32.2 Å². The molecule has 8 heteroatoms. The van der Waals surface area contributed by atoms with E-state index >= 15 is 0 Å². The van der Waals surface area contributed by atoms with Crippen LogP contribution in [-0.2, 0) is 9.59 Å². The van der Waals surface area contributed by atoms with Gasteiger partial charge in [-0.05, 0) is 30.9 Å². The second kappa shape index (κ2) is 8.23. The smallest absolute Gasteiger partial charge is 0.328 e. The molecule has 1 aromatic rings. The molecule has 1 aromatic carbocycles. The molecule has 8 nitrogen and oxygen atoms in total. The molecule has 5 amide bonds. The zero-order valence-corrected chi connectivity index (χ0v) is 17.2. The molecule has 3 rings (SSSR count). The number of benzene rings is 1. The highest BCUT2D eigenvalue weighted by Gasteiger charge is 2.58.